The van der Waals surface area contributed by atoms with Crippen molar-refractivity contribution in [2.45, 2.75) is 13.8 Å². The number of aromatic hydroxyl groups is 1. The maximum Gasteiger partial charge on any atom is 0.340 e. The number of amides is 1. The third-order valence-corrected chi connectivity index (χ3v) is 3.92. The average Bonchev–Trinajstić information content (AvgIpc) is 2.87. The molecule has 6 heteroatoms. The second kappa shape index (κ2) is 6.68. The summed E-state index contributed by atoms with van der Waals surface area (Å²) in [5.74, 6) is -0.767. The van der Waals surface area contributed by atoms with Crippen LogP contribution in [0.15, 0.2) is 48.5 Å². The molecule has 0 aliphatic carbocycles. The van der Waals surface area contributed by atoms with Gasteiger partial charge in [0.25, 0.3) is 5.91 Å². The lowest BCUT2D eigenvalue weighted by molar-refractivity contribution is 0.0527. The van der Waals surface area contributed by atoms with Gasteiger partial charge in [0.15, 0.2) is 0 Å². The first-order valence-corrected chi connectivity index (χ1v) is 7.90. The molecule has 25 heavy (non-hydrogen) atoms. The molecule has 2 N–H and O–H groups in total. The fourth-order valence-electron chi connectivity index (χ4n) is 2.77. The van der Waals surface area contributed by atoms with Crippen molar-refractivity contribution in [1.82, 2.24) is 4.68 Å². The number of rotatable bonds is 4. The number of ether oxygens (including phenoxy) is 1. The Labute approximate surface area is 144 Å². The van der Waals surface area contributed by atoms with Crippen LogP contribution in [0.1, 0.15) is 33.3 Å². The molecule has 6 nitrogen and oxygen atoms in total. The molecule has 1 amide bonds. The second-order valence-electron chi connectivity index (χ2n) is 5.52. The van der Waals surface area contributed by atoms with E-state index in [1.807, 2.05) is 6.07 Å². The molecule has 0 unspecified atom stereocenters. The molecule has 0 atom stereocenters. The SMILES string of the molecule is CCOC(=O)c1c(C)n(NC(=O)c2ccccc2)c2ccc(O)cc12. The topological polar surface area (TPSA) is 80.6 Å². The lowest BCUT2D eigenvalue weighted by atomic mass is 10.1. The van der Waals surface area contributed by atoms with Gasteiger partial charge in [0.05, 0.1) is 23.4 Å². The summed E-state index contributed by atoms with van der Waals surface area (Å²) in [4.78, 5) is 24.8. The summed E-state index contributed by atoms with van der Waals surface area (Å²) in [6.45, 7) is 3.68. The third kappa shape index (κ3) is 3.06. The smallest absolute Gasteiger partial charge is 0.340 e. The van der Waals surface area contributed by atoms with E-state index in [2.05, 4.69) is 5.43 Å². The van der Waals surface area contributed by atoms with E-state index in [4.69, 9.17) is 4.74 Å². The Hall–Kier alpha value is -3.28. The summed E-state index contributed by atoms with van der Waals surface area (Å²) < 4.78 is 6.65. The predicted molar refractivity (Wildman–Crippen MR) is 94.4 cm³/mol. The van der Waals surface area contributed by atoms with E-state index in [1.165, 1.54) is 16.8 Å². The van der Waals surface area contributed by atoms with Crippen molar-refractivity contribution >= 4 is 22.8 Å². The van der Waals surface area contributed by atoms with E-state index in [0.717, 1.165) is 0 Å². The molecule has 0 aliphatic rings. The van der Waals surface area contributed by atoms with Crippen molar-refractivity contribution in [3.05, 3.63) is 65.4 Å². The van der Waals surface area contributed by atoms with Crippen LogP contribution in [0.5, 0.6) is 5.75 Å². The van der Waals surface area contributed by atoms with Gasteiger partial charge >= 0.3 is 5.97 Å². The van der Waals surface area contributed by atoms with E-state index in [9.17, 15) is 14.7 Å². The lowest BCUT2D eigenvalue weighted by Crippen LogP contribution is -2.24. The Bertz CT molecular complexity index is 945. The summed E-state index contributed by atoms with van der Waals surface area (Å²) in [5, 5.41) is 10.3. The van der Waals surface area contributed by atoms with Gasteiger partial charge < -0.3 is 9.84 Å². The molecule has 3 aromatic rings. The zero-order chi connectivity index (χ0) is 18.0. The van der Waals surface area contributed by atoms with Crippen LogP contribution in [0, 0.1) is 6.92 Å². The van der Waals surface area contributed by atoms with Crippen LogP contribution in [0.25, 0.3) is 10.9 Å². The molecule has 0 saturated heterocycles. The molecule has 0 radical (unpaired) electrons. The number of phenols is 1. The van der Waals surface area contributed by atoms with E-state index >= 15 is 0 Å². The van der Waals surface area contributed by atoms with Gasteiger partial charge in [0.1, 0.15) is 5.75 Å². The molecule has 128 valence electrons. The van der Waals surface area contributed by atoms with Gasteiger partial charge in [-0.2, -0.15) is 0 Å². The first-order chi connectivity index (χ1) is 12.0. The van der Waals surface area contributed by atoms with Crippen LogP contribution in [-0.2, 0) is 4.74 Å². The number of nitrogens with zero attached hydrogens (tertiary/aromatic N) is 1. The van der Waals surface area contributed by atoms with Crippen LogP contribution < -0.4 is 5.43 Å². The van der Waals surface area contributed by atoms with Crippen LogP contribution >= 0.6 is 0 Å². The monoisotopic (exact) mass is 338 g/mol. The number of fused-ring (bicyclic) bond motifs is 1. The first-order valence-electron chi connectivity index (χ1n) is 7.90. The van der Waals surface area contributed by atoms with Crippen LogP contribution in [0.3, 0.4) is 0 Å². The van der Waals surface area contributed by atoms with Crippen molar-refractivity contribution < 1.29 is 19.4 Å². The number of benzene rings is 2. The summed E-state index contributed by atoms with van der Waals surface area (Å²) in [5.41, 5.74) is 4.75. The fourth-order valence-corrected chi connectivity index (χ4v) is 2.77. The number of phenolic OH excluding ortho intramolecular Hbond substituents is 1. The Kier molecular flexibility index (Phi) is 4.43. The van der Waals surface area contributed by atoms with Gasteiger partial charge in [0, 0.05) is 10.9 Å². The van der Waals surface area contributed by atoms with Crippen LogP contribution in [0.4, 0.5) is 0 Å². The molecule has 1 aromatic heterocycles. The molecule has 0 saturated carbocycles. The summed E-state index contributed by atoms with van der Waals surface area (Å²) in [6.07, 6.45) is 0. The Balaban J connectivity index is 2.10. The van der Waals surface area contributed by atoms with Gasteiger partial charge in [-0.3, -0.25) is 14.9 Å². The minimum absolute atomic E-state index is 0.0320. The Morgan fingerprint density at radius 1 is 1.16 bits per heavy atom. The summed E-state index contributed by atoms with van der Waals surface area (Å²) in [7, 11) is 0. The van der Waals surface area contributed by atoms with Gasteiger partial charge in [0.2, 0.25) is 0 Å². The Morgan fingerprint density at radius 2 is 1.88 bits per heavy atom. The molecule has 0 bridgehead atoms. The summed E-state index contributed by atoms with van der Waals surface area (Å²) in [6, 6.07) is 13.4. The highest BCUT2D eigenvalue weighted by Gasteiger charge is 2.22. The zero-order valence-corrected chi connectivity index (χ0v) is 13.9. The minimum atomic E-state index is -0.497. The Morgan fingerprint density at radius 3 is 2.56 bits per heavy atom. The highest BCUT2D eigenvalue weighted by molar-refractivity contribution is 6.08. The van der Waals surface area contributed by atoms with Crippen molar-refractivity contribution in [2.75, 3.05) is 12.0 Å². The molecule has 0 aliphatic heterocycles. The summed E-state index contributed by atoms with van der Waals surface area (Å²) >= 11 is 0. The van der Waals surface area contributed by atoms with E-state index in [0.29, 0.717) is 27.7 Å². The average molecular weight is 338 g/mol. The maximum atomic E-state index is 12.5. The number of esters is 1. The quantitative estimate of drug-likeness (QED) is 0.716. The number of carbonyl (C=O) groups excluding carboxylic acids is 2. The highest BCUT2D eigenvalue weighted by Crippen LogP contribution is 2.29. The van der Waals surface area contributed by atoms with Gasteiger partial charge in [-0.25, -0.2) is 4.79 Å². The molecule has 1 heterocycles. The fraction of sp³-hybridized carbons (Fsp3) is 0.158. The van der Waals surface area contributed by atoms with Gasteiger partial charge in [-0.05, 0) is 44.2 Å². The minimum Gasteiger partial charge on any atom is -0.508 e. The first kappa shape index (κ1) is 16.6. The van der Waals surface area contributed by atoms with Gasteiger partial charge in [-0.1, -0.05) is 18.2 Å². The largest absolute Gasteiger partial charge is 0.508 e. The van der Waals surface area contributed by atoms with E-state index < -0.39 is 5.97 Å². The number of aromatic nitrogens is 1. The molecule has 3 rings (SSSR count). The number of nitrogens with one attached hydrogen (secondary N) is 1. The standard InChI is InChI=1S/C19H18N2O4/c1-3-25-19(24)17-12(2)21(16-10-9-14(22)11-15(16)17)20-18(23)13-7-5-4-6-8-13/h4-11,22H,3H2,1-2H3,(H,20,23). The molecular formula is C19H18N2O4. The number of hydrogen-bond acceptors (Lipinski definition) is 4. The van der Waals surface area contributed by atoms with Crippen molar-refractivity contribution in [1.29, 1.82) is 0 Å². The predicted octanol–water partition coefficient (Wildman–Crippen LogP) is 3.22. The van der Waals surface area contributed by atoms with Crippen LogP contribution in [-0.4, -0.2) is 28.3 Å². The van der Waals surface area contributed by atoms with E-state index in [-0.39, 0.29) is 18.3 Å². The number of carbonyl (C=O) groups is 2. The normalized spacial score (nSPS) is 10.6. The van der Waals surface area contributed by atoms with Crippen molar-refractivity contribution in [3.8, 4) is 5.75 Å². The highest BCUT2D eigenvalue weighted by atomic mass is 16.5. The molecular weight excluding hydrogens is 320 g/mol. The second-order valence-corrected chi connectivity index (χ2v) is 5.52. The van der Waals surface area contributed by atoms with Crippen LogP contribution in [0.2, 0.25) is 0 Å². The number of hydrogen-bond donors (Lipinski definition) is 2. The zero-order valence-electron chi connectivity index (χ0n) is 13.9. The molecule has 0 fully saturated rings. The van der Waals surface area contributed by atoms with E-state index in [1.54, 1.807) is 44.2 Å². The third-order valence-electron chi connectivity index (χ3n) is 3.92. The lowest BCUT2D eigenvalue weighted by Gasteiger charge is -2.11. The molecule has 0 spiro atoms. The van der Waals surface area contributed by atoms with Crippen molar-refractivity contribution in [3.63, 3.8) is 0 Å². The van der Waals surface area contributed by atoms with Crippen molar-refractivity contribution in [2.24, 2.45) is 0 Å². The maximum absolute atomic E-state index is 12.5. The molecule has 2 aromatic carbocycles. The van der Waals surface area contributed by atoms with Gasteiger partial charge in [-0.15, -0.1) is 0 Å².